The Morgan fingerprint density at radius 1 is 1.09 bits per heavy atom. The Balaban J connectivity index is 1.33. The van der Waals surface area contributed by atoms with Gasteiger partial charge in [-0.3, -0.25) is 4.90 Å². The van der Waals surface area contributed by atoms with Crippen LogP contribution < -0.4 is 9.47 Å². The molecule has 0 saturated heterocycles. The normalized spacial score (nSPS) is 18.0. The van der Waals surface area contributed by atoms with E-state index in [1.165, 1.54) is 12.1 Å². The molecule has 1 unspecified atom stereocenters. The second kappa shape index (κ2) is 8.49. The summed E-state index contributed by atoms with van der Waals surface area (Å²) < 4.78 is 54.6. The maximum Gasteiger partial charge on any atom is 0.416 e. The zero-order valence-electron chi connectivity index (χ0n) is 18.0. The van der Waals surface area contributed by atoms with Gasteiger partial charge in [-0.05, 0) is 54.9 Å². The van der Waals surface area contributed by atoms with E-state index in [0.29, 0.717) is 48.0 Å². The monoisotopic (exact) mass is 476 g/mol. The van der Waals surface area contributed by atoms with Crippen LogP contribution in [0, 0.1) is 4.77 Å². The van der Waals surface area contributed by atoms with E-state index in [9.17, 15) is 13.2 Å². The minimum Gasteiger partial charge on any atom is -0.485 e. The van der Waals surface area contributed by atoms with Gasteiger partial charge in [0.2, 0.25) is 0 Å². The van der Waals surface area contributed by atoms with E-state index in [1.54, 1.807) is 4.68 Å². The molecule has 0 spiro atoms. The SMILES string of the molecule is Cn1c(C2COc3ccccc3O2)nn(CN(Cc2ccc(C(F)(F)F)cc2)C2CC2)c1=S. The van der Waals surface area contributed by atoms with Gasteiger partial charge in [0, 0.05) is 19.6 Å². The lowest BCUT2D eigenvalue weighted by atomic mass is 10.1. The summed E-state index contributed by atoms with van der Waals surface area (Å²) in [4.78, 5) is 2.20. The summed E-state index contributed by atoms with van der Waals surface area (Å²) in [5, 5.41) is 4.72. The van der Waals surface area contributed by atoms with Crippen LogP contribution in [0.1, 0.15) is 35.9 Å². The lowest BCUT2D eigenvalue weighted by molar-refractivity contribution is -0.137. The molecule has 2 aromatic carbocycles. The van der Waals surface area contributed by atoms with Crippen molar-refractivity contribution in [2.75, 3.05) is 6.61 Å². The Morgan fingerprint density at radius 2 is 1.79 bits per heavy atom. The van der Waals surface area contributed by atoms with Crippen molar-refractivity contribution in [3.05, 3.63) is 70.3 Å². The number of hydrogen-bond acceptors (Lipinski definition) is 5. The third-order valence-corrected chi connectivity index (χ3v) is 6.40. The predicted octanol–water partition coefficient (Wildman–Crippen LogP) is 5.10. The van der Waals surface area contributed by atoms with Crippen LogP contribution in [0.2, 0.25) is 0 Å². The first-order chi connectivity index (χ1) is 15.8. The maximum absolute atomic E-state index is 12.9. The lowest BCUT2D eigenvalue weighted by Crippen LogP contribution is -2.29. The van der Waals surface area contributed by atoms with Gasteiger partial charge >= 0.3 is 6.18 Å². The highest BCUT2D eigenvalue weighted by Gasteiger charge is 2.33. The average Bonchev–Trinajstić information content (AvgIpc) is 3.61. The van der Waals surface area contributed by atoms with Crippen molar-refractivity contribution in [1.82, 2.24) is 19.2 Å². The van der Waals surface area contributed by atoms with Crippen molar-refractivity contribution in [3.63, 3.8) is 0 Å². The smallest absolute Gasteiger partial charge is 0.416 e. The molecule has 1 aliphatic heterocycles. The molecule has 5 rings (SSSR count). The minimum absolute atomic E-state index is 0.328. The summed E-state index contributed by atoms with van der Waals surface area (Å²) in [6.07, 6.45) is -2.64. The molecule has 1 aromatic heterocycles. The zero-order chi connectivity index (χ0) is 23.2. The molecular formula is C23H23F3N4O2S. The number of hydrogen-bond donors (Lipinski definition) is 0. The van der Waals surface area contributed by atoms with Crippen LogP contribution in [0.15, 0.2) is 48.5 Å². The Kier molecular flexibility index (Phi) is 5.65. The van der Waals surface area contributed by atoms with Crippen LogP contribution in [0.4, 0.5) is 13.2 Å². The molecule has 10 heteroatoms. The quantitative estimate of drug-likeness (QED) is 0.463. The van der Waals surface area contributed by atoms with Crippen LogP contribution in [-0.4, -0.2) is 31.9 Å². The fourth-order valence-electron chi connectivity index (χ4n) is 3.96. The molecule has 1 aliphatic carbocycles. The van der Waals surface area contributed by atoms with E-state index in [0.717, 1.165) is 30.5 Å². The topological polar surface area (TPSA) is 44.5 Å². The van der Waals surface area contributed by atoms with Crippen molar-refractivity contribution in [2.24, 2.45) is 7.05 Å². The van der Waals surface area contributed by atoms with Crippen molar-refractivity contribution in [1.29, 1.82) is 0 Å². The lowest BCUT2D eigenvalue weighted by Gasteiger charge is -2.25. The number of fused-ring (bicyclic) bond motifs is 1. The molecule has 0 N–H and O–H groups in total. The van der Waals surface area contributed by atoms with E-state index in [-0.39, 0.29) is 0 Å². The number of aromatic nitrogens is 3. The van der Waals surface area contributed by atoms with Gasteiger partial charge in [-0.2, -0.15) is 18.3 Å². The maximum atomic E-state index is 12.9. The third kappa shape index (κ3) is 4.63. The molecule has 6 nitrogen and oxygen atoms in total. The molecule has 2 aliphatic rings. The summed E-state index contributed by atoms with van der Waals surface area (Å²) in [5.41, 5.74) is 0.176. The molecule has 0 amide bonds. The number of alkyl halides is 3. The van der Waals surface area contributed by atoms with Crippen molar-refractivity contribution < 1.29 is 22.6 Å². The van der Waals surface area contributed by atoms with Gasteiger partial charge in [0.1, 0.15) is 6.61 Å². The number of benzene rings is 2. The van der Waals surface area contributed by atoms with Crippen molar-refractivity contribution in [2.45, 2.75) is 44.4 Å². The summed E-state index contributed by atoms with van der Waals surface area (Å²) in [6.45, 7) is 1.30. The summed E-state index contributed by atoms with van der Waals surface area (Å²) >= 11 is 5.62. The predicted molar refractivity (Wildman–Crippen MR) is 117 cm³/mol. The molecule has 0 radical (unpaired) electrons. The van der Waals surface area contributed by atoms with Crippen LogP contribution in [-0.2, 0) is 26.4 Å². The van der Waals surface area contributed by atoms with Crippen LogP contribution in [0.25, 0.3) is 0 Å². The molecule has 3 aromatic rings. The zero-order valence-corrected chi connectivity index (χ0v) is 18.8. The van der Waals surface area contributed by atoms with Gasteiger partial charge in [-0.15, -0.1) is 0 Å². The highest BCUT2D eigenvalue weighted by molar-refractivity contribution is 7.71. The summed E-state index contributed by atoms with van der Waals surface area (Å²) in [6, 6.07) is 13.2. The van der Waals surface area contributed by atoms with Gasteiger partial charge in [0.25, 0.3) is 0 Å². The van der Waals surface area contributed by atoms with E-state index in [4.69, 9.17) is 26.8 Å². The van der Waals surface area contributed by atoms with Crippen LogP contribution >= 0.6 is 12.2 Å². The van der Waals surface area contributed by atoms with Crippen LogP contribution in [0.3, 0.4) is 0 Å². The van der Waals surface area contributed by atoms with Gasteiger partial charge in [-0.1, -0.05) is 24.3 Å². The van der Waals surface area contributed by atoms with E-state index < -0.39 is 17.8 Å². The Morgan fingerprint density at radius 3 is 2.45 bits per heavy atom. The second-order valence-electron chi connectivity index (χ2n) is 8.38. The molecule has 1 fully saturated rings. The largest absolute Gasteiger partial charge is 0.485 e. The number of para-hydroxylation sites is 2. The highest BCUT2D eigenvalue weighted by atomic mass is 32.1. The second-order valence-corrected chi connectivity index (χ2v) is 8.74. The summed E-state index contributed by atoms with van der Waals surface area (Å²) in [5.74, 6) is 2.03. The Bertz CT molecular complexity index is 1200. The number of nitrogens with zero attached hydrogens (tertiary/aromatic N) is 4. The van der Waals surface area contributed by atoms with Gasteiger partial charge in [0.05, 0.1) is 12.2 Å². The number of ether oxygens (including phenoxy) is 2. The number of rotatable bonds is 6. The van der Waals surface area contributed by atoms with E-state index in [1.807, 2.05) is 35.9 Å². The molecular weight excluding hydrogens is 453 g/mol. The fourth-order valence-corrected chi connectivity index (χ4v) is 4.16. The standard InChI is InChI=1S/C23H23F3N4O2S/c1-28-21(20-13-31-18-4-2-3-5-19(18)32-20)27-30(22(28)33)14-29(17-10-11-17)12-15-6-8-16(9-7-15)23(24,25)26/h2-9,17,20H,10-14H2,1H3. The third-order valence-electron chi connectivity index (χ3n) is 5.92. The first kappa shape index (κ1) is 22.0. The van der Waals surface area contributed by atoms with Gasteiger partial charge in [0.15, 0.2) is 28.2 Å². The van der Waals surface area contributed by atoms with E-state index >= 15 is 0 Å². The van der Waals surface area contributed by atoms with Crippen molar-refractivity contribution in [3.8, 4) is 11.5 Å². The molecule has 33 heavy (non-hydrogen) atoms. The highest BCUT2D eigenvalue weighted by Crippen LogP contribution is 2.36. The Labute approximate surface area is 194 Å². The first-order valence-electron chi connectivity index (χ1n) is 10.7. The van der Waals surface area contributed by atoms with Gasteiger partial charge < -0.3 is 14.0 Å². The molecule has 2 heterocycles. The minimum atomic E-state index is -4.34. The molecule has 174 valence electrons. The van der Waals surface area contributed by atoms with Crippen LogP contribution in [0.5, 0.6) is 11.5 Å². The Hall–Kier alpha value is -2.85. The fraction of sp³-hybridized carbons (Fsp3) is 0.391. The average molecular weight is 477 g/mol. The molecule has 0 bridgehead atoms. The molecule has 1 atom stereocenters. The van der Waals surface area contributed by atoms with Gasteiger partial charge in [-0.25, -0.2) is 4.68 Å². The molecule has 1 saturated carbocycles. The van der Waals surface area contributed by atoms with Crippen molar-refractivity contribution >= 4 is 12.2 Å². The first-order valence-corrected chi connectivity index (χ1v) is 11.1. The number of halogens is 3. The summed E-state index contributed by atoms with van der Waals surface area (Å²) in [7, 11) is 1.85. The van der Waals surface area contributed by atoms with E-state index in [2.05, 4.69) is 4.90 Å².